The van der Waals surface area contributed by atoms with Crippen molar-refractivity contribution in [2.45, 2.75) is 45.6 Å². The van der Waals surface area contributed by atoms with Crippen LogP contribution in [0.3, 0.4) is 0 Å². The summed E-state index contributed by atoms with van der Waals surface area (Å²) in [6, 6.07) is 0.464. The summed E-state index contributed by atoms with van der Waals surface area (Å²) in [5.41, 5.74) is 0. The van der Waals surface area contributed by atoms with E-state index in [2.05, 4.69) is 29.4 Å². The minimum absolute atomic E-state index is 0.183. The maximum absolute atomic E-state index is 11.6. The first-order valence-electron chi connectivity index (χ1n) is 7.28. The predicted molar refractivity (Wildman–Crippen MR) is 75.6 cm³/mol. The molecule has 1 fully saturated rings. The Morgan fingerprint density at radius 2 is 2.06 bits per heavy atom. The summed E-state index contributed by atoms with van der Waals surface area (Å²) in [5, 5.41) is 6.10. The molecule has 4 nitrogen and oxygen atoms in total. The van der Waals surface area contributed by atoms with Gasteiger partial charge in [0.05, 0.1) is 0 Å². The monoisotopic (exact) mass is 255 g/mol. The van der Waals surface area contributed by atoms with Gasteiger partial charge >= 0.3 is 0 Å². The molecule has 0 aliphatic carbocycles. The number of nitrogens with one attached hydrogen (secondary N) is 2. The highest BCUT2D eigenvalue weighted by atomic mass is 16.1. The van der Waals surface area contributed by atoms with Crippen LogP contribution in [0, 0.1) is 5.92 Å². The van der Waals surface area contributed by atoms with Crippen LogP contribution in [-0.2, 0) is 4.79 Å². The predicted octanol–water partition coefficient (Wildman–Crippen LogP) is 1.22. The molecule has 106 valence electrons. The van der Waals surface area contributed by atoms with Crippen molar-refractivity contribution in [3.8, 4) is 0 Å². The number of hydrogen-bond donors (Lipinski definition) is 2. The fourth-order valence-corrected chi connectivity index (χ4v) is 2.37. The van der Waals surface area contributed by atoms with E-state index < -0.39 is 0 Å². The van der Waals surface area contributed by atoms with Gasteiger partial charge in [-0.15, -0.1) is 0 Å². The number of amides is 1. The summed E-state index contributed by atoms with van der Waals surface area (Å²) in [6.07, 6.45) is 4.13. The van der Waals surface area contributed by atoms with Crippen LogP contribution in [0.15, 0.2) is 0 Å². The van der Waals surface area contributed by atoms with Gasteiger partial charge in [0.1, 0.15) is 0 Å². The van der Waals surface area contributed by atoms with Crippen molar-refractivity contribution >= 4 is 5.91 Å². The van der Waals surface area contributed by atoms with Gasteiger partial charge in [-0.1, -0.05) is 6.92 Å². The quantitative estimate of drug-likeness (QED) is 0.672. The van der Waals surface area contributed by atoms with Gasteiger partial charge in [-0.25, -0.2) is 0 Å². The smallest absolute Gasteiger partial charge is 0.220 e. The van der Waals surface area contributed by atoms with Gasteiger partial charge in [0.2, 0.25) is 5.91 Å². The molecule has 1 unspecified atom stereocenters. The van der Waals surface area contributed by atoms with Crippen LogP contribution >= 0.6 is 0 Å². The lowest BCUT2D eigenvalue weighted by Crippen LogP contribution is -2.45. The van der Waals surface area contributed by atoms with Gasteiger partial charge in [-0.2, -0.15) is 0 Å². The zero-order chi connectivity index (χ0) is 13.4. The molecular weight excluding hydrogens is 226 g/mol. The summed E-state index contributed by atoms with van der Waals surface area (Å²) >= 11 is 0. The van der Waals surface area contributed by atoms with E-state index in [-0.39, 0.29) is 5.91 Å². The molecular formula is C14H29N3O. The van der Waals surface area contributed by atoms with Crippen LogP contribution in [0.4, 0.5) is 0 Å². The van der Waals surface area contributed by atoms with Crippen molar-refractivity contribution < 1.29 is 4.79 Å². The molecule has 1 amide bonds. The first-order valence-corrected chi connectivity index (χ1v) is 7.28. The number of hydrogen-bond acceptors (Lipinski definition) is 3. The van der Waals surface area contributed by atoms with Crippen molar-refractivity contribution in [1.82, 2.24) is 15.5 Å². The normalized spacial score (nSPS) is 19.7. The number of carbonyl (C=O) groups excluding carboxylic acids is 1. The first kappa shape index (κ1) is 15.4. The number of rotatable bonds is 7. The van der Waals surface area contributed by atoms with Crippen molar-refractivity contribution in [3.05, 3.63) is 0 Å². The third-order valence-electron chi connectivity index (χ3n) is 3.87. The molecule has 0 aromatic carbocycles. The van der Waals surface area contributed by atoms with E-state index in [9.17, 15) is 4.79 Å². The van der Waals surface area contributed by atoms with E-state index in [4.69, 9.17) is 0 Å². The van der Waals surface area contributed by atoms with Crippen molar-refractivity contribution in [2.24, 2.45) is 5.92 Å². The van der Waals surface area contributed by atoms with E-state index in [1.165, 1.54) is 25.9 Å². The van der Waals surface area contributed by atoms with E-state index in [0.717, 1.165) is 25.4 Å². The topological polar surface area (TPSA) is 44.4 Å². The molecule has 2 N–H and O–H groups in total. The number of piperidine rings is 1. The Balaban J connectivity index is 2.12. The minimum atomic E-state index is 0.183. The fourth-order valence-electron chi connectivity index (χ4n) is 2.37. The van der Waals surface area contributed by atoms with Gasteiger partial charge in [-0.05, 0) is 58.8 Å². The molecule has 1 atom stereocenters. The summed E-state index contributed by atoms with van der Waals surface area (Å²) in [5.74, 6) is 1.05. The molecule has 1 heterocycles. The number of carbonyl (C=O) groups is 1. The Morgan fingerprint density at radius 3 is 2.67 bits per heavy atom. The summed E-state index contributed by atoms with van der Waals surface area (Å²) in [6.45, 7) is 8.59. The highest BCUT2D eigenvalue weighted by Gasteiger charge is 2.20. The SMILES string of the molecule is CNCCCC(=O)NCC(C)N1CCC(C)CC1. The van der Waals surface area contributed by atoms with Crippen LogP contribution in [0.25, 0.3) is 0 Å². The first-order chi connectivity index (χ1) is 8.63. The molecule has 1 rings (SSSR count). The minimum Gasteiger partial charge on any atom is -0.355 e. The van der Waals surface area contributed by atoms with E-state index in [1.807, 2.05) is 7.05 Å². The Hall–Kier alpha value is -0.610. The van der Waals surface area contributed by atoms with Crippen LogP contribution in [0.1, 0.15) is 39.5 Å². The second kappa shape index (κ2) is 8.48. The van der Waals surface area contributed by atoms with Gasteiger partial charge in [0.15, 0.2) is 0 Å². The molecule has 0 bridgehead atoms. The zero-order valence-corrected chi connectivity index (χ0v) is 12.2. The molecule has 0 aromatic rings. The molecule has 18 heavy (non-hydrogen) atoms. The Kier molecular flexibility index (Phi) is 7.28. The molecule has 0 aromatic heterocycles. The lowest BCUT2D eigenvalue weighted by atomic mass is 9.98. The van der Waals surface area contributed by atoms with Crippen LogP contribution in [0.5, 0.6) is 0 Å². The Labute approximate surface area is 111 Å². The summed E-state index contributed by atoms with van der Waals surface area (Å²) < 4.78 is 0. The van der Waals surface area contributed by atoms with E-state index in [1.54, 1.807) is 0 Å². The third kappa shape index (κ3) is 5.83. The summed E-state index contributed by atoms with van der Waals surface area (Å²) in [7, 11) is 1.91. The molecule has 0 saturated carbocycles. The molecule has 4 heteroatoms. The Bertz CT molecular complexity index is 237. The molecule has 0 radical (unpaired) electrons. The van der Waals surface area contributed by atoms with Crippen LogP contribution < -0.4 is 10.6 Å². The van der Waals surface area contributed by atoms with Gasteiger partial charge in [-0.3, -0.25) is 9.69 Å². The average molecular weight is 255 g/mol. The lowest BCUT2D eigenvalue weighted by molar-refractivity contribution is -0.121. The van der Waals surface area contributed by atoms with Gasteiger partial charge in [0.25, 0.3) is 0 Å². The van der Waals surface area contributed by atoms with E-state index in [0.29, 0.717) is 12.5 Å². The highest BCUT2D eigenvalue weighted by molar-refractivity contribution is 5.75. The molecule has 1 aliphatic rings. The van der Waals surface area contributed by atoms with E-state index >= 15 is 0 Å². The zero-order valence-electron chi connectivity index (χ0n) is 12.2. The molecule has 0 spiro atoms. The van der Waals surface area contributed by atoms with Gasteiger partial charge < -0.3 is 10.6 Å². The van der Waals surface area contributed by atoms with Crippen LogP contribution in [0.2, 0.25) is 0 Å². The van der Waals surface area contributed by atoms with Crippen molar-refractivity contribution in [1.29, 1.82) is 0 Å². The number of nitrogens with zero attached hydrogens (tertiary/aromatic N) is 1. The number of likely N-dealkylation sites (tertiary alicyclic amines) is 1. The largest absolute Gasteiger partial charge is 0.355 e. The maximum atomic E-state index is 11.6. The lowest BCUT2D eigenvalue weighted by Gasteiger charge is -2.35. The fraction of sp³-hybridized carbons (Fsp3) is 0.929. The van der Waals surface area contributed by atoms with Crippen molar-refractivity contribution in [3.63, 3.8) is 0 Å². The van der Waals surface area contributed by atoms with Gasteiger partial charge in [0, 0.05) is 19.0 Å². The second-order valence-corrected chi connectivity index (χ2v) is 5.58. The molecule has 1 aliphatic heterocycles. The average Bonchev–Trinajstić information content (AvgIpc) is 2.37. The second-order valence-electron chi connectivity index (χ2n) is 5.58. The maximum Gasteiger partial charge on any atom is 0.220 e. The standard InChI is InChI=1S/C14H29N3O/c1-12-6-9-17(10-7-12)13(2)11-16-14(18)5-4-8-15-3/h12-13,15H,4-11H2,1-3H3,(H,16,18). The van der Waals surface area contributed by atoms with Crippen molar-refractivity contribution in [2.75, 3.05) is 33.2 Å². The summed E-state index contributed by atoms with van der Waals surface area (Å²) in [4.78, 5) is 14.1. The van der Waals surface area contributed by atoms with Crippen LogP contribution in [-0.4, -0.2) is 50.1 Å². The molecule has 1 saturated heterocycles. The highest BCUT2D eigenvalue weighted by Crippen LogP contribution is 2.17. The Morgan fingerprint density at radius 1 is 1.39 bits per heavy atom. The third-order valence-corrected chi connectivity index (χ3v) is 3.87.